The van der Waals surface area contributed by atoms with E-state index in [1.54, 1.807) is 12.1 Å². The predicted octanol–water partition coefficient (Wildman–Crippen LogP) is 10.1. The molecular weight excluding hydrogens is 469 g/mol. The number of rotatable bonds is 14. The summed E-state index contributed by atoms with van der Waals surface area (Å²) in [5, 5.41) is 0. The molecule has 0 saturated heterocycles. The molecule has 1 atom stereocenters. The van der Waals surface area contributed by atoms with Crippen molar-refractivity contribution in [2.24, 2.45) is 0 Å². The zero-order chi connectivity index (χ0) is 27.9. The molecule has 0 radical (unpaired) electrons. The molecule has 0 aliphatic carbocycles. The molecule has 3 heteroatoms. The Morgan fingerprint density at radius 3 is 1.92 bits per heavy atom. The van der Waals surface area contributed by atoms with E-state index in [1.807, 2.05) is 13.8 Å². The molecule has 3 aromatic rings. The van der Waals surface area contributed by atoms with Crippen LogP contribution in [0.5, 0.6) is 0 Å². The lowest BCUT2D eigenvalue weighted by Crippen LogP contribution is -2.24. The Bertz CT molecular complexity index is 1090. The number of benzene rings is 3. The first-order valence-corrected chi connectivity index (χ1v) is 14.7. The molecule has 3 rings (SSSR count). The van der Waals surface area contributed by atoms with Crippen molar-refractivity contribution in [2.45, 2.75) is 99.0 Å². The quantitative estimate of drug-likeness (QED) is 0.157. The Morgan fingerprint density at radius 2 is 1.37 bits per heavy atom. The van der Waals surface area contributed by atoms with Crippen molar-refractivity contribution in [3.05, 3.63) is 100 Å². The normalized spacial score (nSPS) is 11.4. The van der Waals surface area contributed by atoms with E-state index in [0.29, 0.717) is 5.92 Å². The summed E-state index contributed by atoms with van der Waals surface area (Å²) >= 11 is 0. The molecule has 0 aliphatic rings. The van der Waals surface area contributed by atoms with Crippen LogP contribution in [0.4, 0.5) is 10.1 Å². The van der Waals surface area contributed by atoms with Gasteiger partial charge in [-0.2, -0.15) is 0 Å². The average Bonchev–Trinajstić information content (AvgIpc) is 2.95. The third-order valence-corrected chi connectivity index (χ3v) is 7.13. The van der Waals surface area contributed by atoms with Crippen LogP contribution in [0.25, 0.3) is 0 Å². The number of carbonyl (C=O) groups is 1. The summed E-state index contributed by atoms with van der Waals surface area (Å²) in [6.07, 6.45) is 8.25. The third-order valence-electron chi connectivity index (χ3n) is 7.13. The summed E-state index contributed by atoms with van der Waals surface area (Å²) in [6.45, 7) is 13.7. The molecule has 0 bridgehead atoms. The first-order chi connectivity index (χ1) is 18.4. The molecule has 1 unspecified atom stereocenters. The van der Waals surface area contributed by atoms with Gasteiger partial charge in [0, 0.05) is 24.7 Å². The second kappa shape index (κ2) is 16.8. The molecule has 0 aliphatic heterocycles. The van der Waals surface area contributed by atoms with Gasteiger partial charge < -0.3 is 4.90 Å². The van der Waals surface area contributed by atoms with Gasteiger partial charge in [-0.3, -0.25) is 4.79 Å². The minimum Gasteiger partial charge on any atom is -0.367 e. The van der Waals surface area contributed by atoms with E-state index in [9.17, 15) is 9.18 Å². The van der Waals surface area contributed by atoms with Crippen LogP contribution in [0, 0.1) is 5.82 Å². The first-order valence-electron chi connectivity index (χ1n) is 14.7. The largest absolute Gasteiger partial charge is 0.367 e. The van der Waals surface area contributed by atoms with Gasteiger partial charge in [-0.15, -0.1) is 0 Å². The van der Waals surface area contributed by atoms with Gasteiger partial charge in [0.05, 0.1) is 5.56 Å². The molecular formula is C35H48FNO. The molecule has 206 valence electrons. The molecule has 0 fully saturated rings. The molecule has 0 amide bonds. The SMILES string of the molecule is CC.CCCCCCN(Cc1ccc(C(C)c2ccc(CCCC)cc2)cc1)c1ccc(F)c(C(C)=O)c1. The topological polar surface area (TPSA) is 20.3 Å². The number of hydrogen-bond donors (Lipinski definition) is 0. The average molecular weight is 518 g/mol. The van der Waals surface area contributed by atoms with Gasteiger partial charge in [-0.1, -0.05) is 109 Å². The second-order valence-electron chi connectivity index (χ2n) is 10.0. The van der Waals surface area contributed by atoms with E-state index in [2.05, 4.69) is 74.2 Å². The van der Waals surface area contributed by atoms with E-state index >= 15 is 0 Å². The number of hydrogen-bond acceptors (Lipinski definition) is 2. The van der Waals surface area contributed by atoms with Gasteiger partial charge in [0.15, 0.2) is 5.78 Å². The zero-order valence-corrected chi connectivity index (χ0v) is 24.5. The summed E-state index contributed by atoms with van der Waals surface area (Å²) in [6, 6.07) is 22.9. The minimum atomic E-state index is -0.450. The highest BCUT2D eigenvalue weighted by Crippen LogP contribution is 2.27. The summed E-state index contributed by atoms with van der Waals surface area (Å²) in [5.41, 5.74) is 6.33. The van der Waals surface area contributed by atoms with Crippen molar-refractivity contribution >= 4 is 11.5 Å². The van der Waals surface area contributed by atoms with Gasteiger partial charge >= 0.3 is 0 Å². The molecule has 0 aromatic heterocycles. The summed E-state index contributed by atoms with van der Waals surface area (Å²) in [7, 11) is 0. The van der Waals surface area contributed by atoms with Crippen molar-refractivity contribution in [2.75, 3.05) is 11.4 Å². The van der Waals surface area contributed by atoms with E-state index in [1.165, 1.54) is 67.3 Å². The fourth-order valence-electron chi connectivity index (χ4n) is 4.69. The van der Waals surface area contributed by atoms with Crippen LogP contribution >= 0.6 is 0 Å². The Kier molecular flexibility index (Phi) is 13.8. The van der Waals surface area contributed by atoms with Crippen LogP contribution in [-0.4, -0.2) is 12.3 Å². The van der Waals surface area contributed by atoms with E-state index in [0.717, 1.165) is 31.6 Å². The highest BCUT2D eigenvalue weighted by Gasteiger charge is 2.14. The van der Waals surface area contributed by atoms with Gasteiger partial charge in [0.25, 0.3) is 0 Å². The molecule has 0 saturated carbocycles. The Morgan fingerprint density at radius 1 is 0.789 bits per heavy atom. The van der Waals surface area contributed by atoms with Crippen LogP contribution in [0.15, 0.2) is 66.7 Å². The minimum absolute atomic E-state index is 0.163. The maximum atomic E-state index is 14.2. The molecule has 3 aromatic carbocycles. The van der Waals surface area contributed by atoms with Gasteiger partial charge in [-0.25, -0.2) is 4.39 Å². The van der Waals surface area contributed by atoms with Crippen molar-refractivity contribution in [1.29, 1.82) is 0 Å². The fraction of sp³-hybridized carbons (Fsp3) is 0.457. The number of Topliss-reactive ketones (excluding diaryl/α,β-unsaturated/α-hetero) is 1. The van der Waals surface area contributed by atoms with Crippen LogP contribution in [-0.2, 0) is 13.0 Å². The summed E-state index contributed by atoms with van der Waals surface area (Å²) in [4.78, 5) is 14.2. The smallest absolute Gasteiger partial charge is 0.162 e. The Hall–Kier alpha value is -2.94. The third kappa shape index (κ3) is 9.42. The monoisotopic (exact) mass is 517 g/mol. The lowest BCUT2D eigenvalue weighted by molar-refractivity contribution is 0.101. The number of carbonyl (C=O) groups excluding carboxylic acids is 1. The zero-order valence-electron chi connectivity index (χ0n) is 24.5. The Balaban J connectivity index is 0.00000247. The standard InChI is InChI=1S/C33H42FNO.C2H6/c1-5-7-9-10-22-35(31-20-21-33(34)32(23-31)26(4)36)24-28-14-18-30(19-15-28)25(3)29-16-12-27(13-17-29)11-8-6-2;1-2/h12-21,23,25H,5-11,22,24H2,1-4H3;1-2H3. The number of nitrogens with zero attached hydrogens (tertiary/aromatic N) is 1. The van der Waals surface area contributed by atoms with Crippen molar-refractivity contribution in [1.82, 2.24) is 0 Å². The highest BCUT2D eigenvalue weighted by molar-refractivity contribution is 5.95. The summed E-state index contributed by atoms with van der Waals surface area (Å²) in [5.74, 6) is -0.356. The lowest BCUT2D eigenvalue weighted by Gasteiger charge is -2.26. The predicted molar refractivity (Wildman–Crippen MR) is 162 cm³/mol. The Labute approximate surface area is 231 Å². The number of aryl methyl sites for hydroxylation is 1. The van der Waals surface area contributed by atoms with Crippen molar-refractivity contribution in [3.63, 3.8) is 0 Å². The maximum Gasteiger partial charge on any atom is 0.162 e. The van der Waals surface area contributed by atoms with Crippen LogP contribution < -0.4 is 4.90 Å². The van der Waals surface area contributed by atoms with Gasteiger partial charge in [0.1, 0.15) is 5.82 Å². The van der Waals surface area contributed by atoms with Gasteiger partial charge in [0.2, 0.25) is 0 Å². The number of unbranched alkanes of at least 4 members (excludes halogenated alkanes) is 4. The first kappa shape index (κ1) is 31.3. The van der Waals surface area contributed by atoms with Gasteiger partial charge in [-0.05, 0) is 66.6 Å². The van der Waals surface area contributed by atoms with E-state index in [-0.39, 0.29) is 11.3 Å². The molecule has 38 heavy (non-hydrogen) atoms. The number of halogens is 1. The number of ketones is 1. The number of anilines is 1. The van der Waals surface area contributed by atoms with Crippen LogP contribution in [0.3, 0.4) is 0 Å². The van der Waals surface area contributed by atoms with Crippen molar-refractivity contribution in [3.8, 4) is 0 Å². The molecule has 2 nitrogen and oxygen atoms in total. The maximum absolute atomic E-state index is 14.2. The van der Waals surface area contributed by atoms with Crippen LogP contribution in [0.1, 0.15) is 119 Å². The van der Waals surface area contributed by atoms with E-state index in [4.69, 9.17) is 0 Å². The van der Waals surface area contributed by atoms with E-state index < -0.39 is 5.82 Å². The van der Waals surface area contributed by atoms with Crippen molar-refractivity contribution < 1.29 is 9.18 Å². The summed E-state index contributed by atoms with van der Waals surface area (Å²) < 4.78 is 14.2. The van der Waals surface area contributed by atoms with Crippen LogP contribution in [0.2, 0.25) is 0 Å². The molecule has 0 N–H and O–H groups in total. The lowest BCUT2D eigenvalue weighted by atomic mass is 9.91. The second-order valence-corrected chi connectivity index (χ2v) is 10.0. The molecule has 0 heterocycles. The highest BCUT2D eigenvalue weighted by atomic mass is 19.1. The molecule has 0 spiro atoms. The fourth-order valence-corrected chi connectivity index (χ4v) is 4.69.